The Morgan fingerprint density at radius 3 is 2.39 bits per heavy atom. The third-order valence-corrected chi connectivity index (χ3v) is 3.26. The van der Waals surface area contributed by atoms with E-state index < -0.39 is 0 Å². The molecule has 0 amide bonds. The van der Waals surface area contributed by atoms with Gasteiger partial charge in [-0.25, -0.2) is 4.98 Å². The van der Waals surface area contributed by atoms with Crippen molar-refractivity contribution in [2.24, 2.45) is 0 Å². The van der Waals surface area contributed by atoms with E-state index in [1.54, 1.807) is 14.2 Å². The lowest BCUT2D eigenvalue weighted by Gasteiger charge is -2.11. The van der Waals surface area contributed by atoms with Gasteiger partial charge in [-0.1, -0.05) is 6.07 Å². The molecule has 0 aliphatic heterocycles. The highest BCUT2D eigenvalue weighted by Crippen LogP contribution is 2.41. The van der Waals surface area contributed by atoms with Gasteiger partial charge in [0.25, 0.3) is 0 Å². The minimum absolute atomic E-state index is 0.611. The summed E-state index contributed by atoms with van der Waals surface area (Å²) in [6.45, 7) is 0. The van der Waals surface area contributed by atoms with Gasteiger partial charge < -0.3 is 14.5 Å². The molecule has 0 unspecified atom stereocenters. The molecule has 1 aliphatic carbocycles. The lowest BCUT2D eigenvalue weighted by atomic mass is 10.1. The number of hydrogen-bond donors (Lipinski definition) is 1. The second kappa shape index (κ2) is 4.37. The van der Waals surface area contributed by atoms with Crippen molar-refractivity contribution in [1.82, 2.24) is 9.97 Å². The van der Waals surface area contributed by atoms with Crippen molar-refractivity contribution in [2.75, 3.05) is 14.2 Å². The molecule has 0 atom stereocenters. The van der Waals surface area contributed by atoms with Gasteiger partial charge in [0.05, 0.1) is 31.7 Å². The van der Waals surface area contributed by atoms with Crippen molar-refractivity contribution >= 4 is 0 Å². The Morgan fingerprint density at radius 1 is 1.17 bits per heavy atom. The number of rotatable bonds is 4. The molecule has 1 saturated carbocycles. The van der Waals surface area contributed by atoms with Crippen LogP contribution in [-0.4, -0.2) is 24.2 Å². The fraction of sp³-hybridized carbons (Fsp3) is 0.357. The number of nitrogens with one attached hydrogen (secondary N) is 1. The van der Waals surface area contributed by atoms with Gasteiger partial charge in [-0.15, -0.1) is 0 Å². The first-order chi connectivity index (χ1) is 8.83. The van der Waals surface area contributed by atoms with E-state index >= 15 is 0 Å². The van der Waals surface area contributed by atoms with Crippen molar-refractivity contribution in [1.29, 1.82) is 0 Å². The summed E-state index contributed by atoms with van der Waals surface area (Å²) in [5, 5.41) is 0. The third kappa shape index (κ3) is 1.83. The summed E-state index contributed by atoms with van der Waals surface area (Å²) < 4.78 is 10.8. The molecular formula is C14H16N2O2. The summed E-state index contributed by atoms with van der Waals surface area (Å²) in [7, 11) is 3.33. The van der Waals surface area contributed by atoms with E-state index in [0.717, 1.165) is 28.6 Å². The van der Waals surface area contributed by atoms with Crippen LogP contribution in [0.3, 0.4) is 0 Å². The minimum Gasteiger partial charge on any atom is -0.496 e. The van der Waals surface area contributed by atoms with Gasteiger partial charge in [0.1, 0.15) is 17.3 Å². The first-order valence-corrected chi connectivity index (χ1v) is 6.09. The average Bonchev–Trinajstić information content (AvgIpc) is 3.16. The summed E-state index contributed by atoms with van der Waals surface area (Å²) in [5.74, 6) is 3.26. The number of aromatic nitrogens is 2. The lowest BCUT2D eigenvalue weighted by molar-refractivity contribution is 0.397. The summed E-state index contributed by atoms with van der Waals surface area (Å²) in [5.41, 5.74) is 1.88. The van der Waals surface area contributed by atoms with E-state index in [1.807, 2.05) is 24.4 Å². The molecule has 1 fully saturated rings. The number of imidazole rings is 1. The van der Waals surface area contributed by atoms with Crippen molar-refractivity contribution in [3.8, 4) is 22.8 Å². The van der Waals surface area contributed by atoms with Gasteiger partial charge in [-0.05, 0) is 25.0 Å². The number of aromatic amines is 1. The van der Waals surface area contributed by atoms with Gasteiger partial charge in [0.2, 0.25) is 0 Å². The van der Waals surface area contributed by atoms with E-state index in [4.69, 9.17) is 9.47 Å². The Bertz CT molecular complexity index is 536. The molecule has 4 nitrogen and oxygen atoms in total. The fourth-order valence-electron chi connectivity index (χ4n) is 2.14. The zero-order valence-electron chi connectivity index (χ0n) is 10.6. The van der Waals surface area contributed by atoms with Crippen molar-refractivity contribution in [3.63, 3.8) is 0 Å². The summed E-state index contributed by atoms with van der Waals surface area (Å²) in [6, 6.07) is 5.77. The molecule has 1 aromatic carbocycles. The topological polar surface area (TPSA) is 47.1 Å². The second-order valence-corrected chi connectivity index (χ2v) is 4.49. The van der Waals surface area contributed by atoms with Crippen molar-refractivity contribution < 1.29 is 9.47 Å². The molecule has 0 radical (unpaired) electrons. The highest BCUT2D eigenvalue weighted by Gasteiger charge is 2.27. The van der Waals surface area contributed by atoms with Crippen LogP contribution in [0.5, 0.6) is 11.5 Å². The average molecular weight is 244 g/mol. The Morgan fingerprint density at radius 2 is 1.83 bits per heavy atom. The fourth-order valence-corrected chi connectivity index (χ4v) is 2.14. The van der Waals surface area contributed by atoms with Gasteiger partial charge in [0, 0.05) is 5.92 Å². The smallest absolute Gasteiger partial charge is 0.131 e. The molecule has 3 rings (SSSR count). The van der Waals surface area contributed by atoms with Crippen LogP contribution in [0.1, 0.15) is 24.6 Å². The largest absolute Gasteiger partial charge is 0.496 e. The minimum atomic E-state index is 0.611. The van der Waals surface area contributed by atoms with Crippen molar-refractivity contribution in [3.05, 3.63) is 30.2 Å². The zero-order valence-corrected chi connectivity index (χ0v) is 10.6. The Hall–Kier alpha value is -1.97. The van der Waals surface area contributed by atoms with E-state index in [2.05, 4.69) is 9.97 Å². The maximum absolute atomic E-state index is 5.40. The molecular weight excluding hydrogens is 228 g/mol. The van der Waals surface area contributed by atoms with Gasteiger partial charge >= 0.3 is 0 Å². The highest BCUT2D eigenvalue weighted by molar-refractivity contribution is 5.74. The number of benzene rings is 1. The van der Waals surface area contributed by atoms with E-state index in [1.165, 1.54) is 12.8 Å². The Balaban J connectivity index is 2.07. The summed E-state index contributed by atoms with van der Waals surface area (Å²) in [4.78, 5) is 7.81. The van der Waals surface area contributed by atoms with Crippen LogP contribution >= 0.6 is 0 Å². The van der Waals surface area contributed by atoms with Crippen LogP contribution in [0.4, 0.5) is 0 Å². The van der Waals surface area contributed by atoms with Gasteiger partial charge in [-0.3, -0.25) is 0 Å². The number of H-pyrrole nitrogens is 1. The van der Waals surface area contributed by atoms with Crippen LogP contribution in [0, 0.1) is 0 Å². The van der Waals surface area contributed by atoms with Gasteiger partial charge in [0.15, 0.2) is 0 Å². The Kier molecular flexibility index (Phi) is 2.70. The summed E-state index contributed by atoms with van der Waals surface area (Å²) >= 11 is 0. The second-order valence-electron chi connectivity index (χ2n) is 4.49. The quantitative estimate of drug-likeness (QED) is 0.899. The van der Waals surface area contributed by atoms with Crippen LogP contribution in [0.2, 0.25) is 0 Å². The standard InChI is InChI=1S/C14H16N2O2/c1-17-11-4-3-5-12(18-2)13(11)10-8-15-14(16-10)9-6-7-9/h3-5,8-9H,6-7H2,1-2H3,(H,15,16). The molecule has 0 spiro atoms. The van der Waals surface area contributed by atoms with Crippen LogP contribution in [0.15, 0.2) is 24.4 Å². The predicted molar refractivity (Wildman–Crippen MR) is 69.1 cm³/mol. The van der Waals surface area contributed by atoms with E-state index in [-0.39, 0.29) is 0 Å². The molecule has 18 heavy (non-hydrogen) atoms. The SMILES string of the molecule is COc1cccc(OC)c1-c1cnc(C2CC2)[nH]1. The molecule has 2 aromatic rings. The molecule has 1 aliphatic rings. The maximum Gasteiger partial charge on any atom is 0.131 e. The first kappa shape index (κ1) is 11.1. The normalized spacial score (nSPS) is 14.6. The Labute approximate surface area is 106 Å². The molecule has 4 heteroatoms. The first-order valence-electron chi connectivity index (χ1n) is 6.09. The number of ether oxygens (including phenoxy) is 2. The van der Waals surface area contributed by atoms with Gasteiger partial charge in [-0.2, -0.15) is 0 Å². The number of hydrogen-bond acceptors (Lipinski definition) is 3. The number of nitrogens with zero attached hydrogens (tertiary/aromatic N) is 1. The van der Waals surface area contributed by atoms with Crippen molar-refractivity contribution in [2.45, 2.75) is 18.8 Å². The molecule has 1 N–H and O–H groups in total. The van der Waals surface area contributed by atoms with Crippen LogP contribution in [-0.2, 0) is 0 Å². The maximum atomic E-state index is 5.40. The third-order valence-electron chi connectivity index (χ3n) is 3.26. The lowest BCUT2D eigenvalue weighted by Crippen LogP contribution is -1.93. The molecule has 1 heterocycles. The number of methoxy groups -OCH3 is 2. The molecule has 0 bridgehead atoms. The predicted octanol–water partition coefficient (Wildman–Crippen LogP) is 2.97. The monoisotopic (exact) mass is 244 g/mol. The van der Waals surface area contributed by atoms with E-state index in [9.17, 15) is 0 Å². The molecule has 1 aromatic heterocycles. The molecule has 0 saturated heterocycles. The molecule has 94 valence electrons. The zero-order chi connectivity index (χ0) is 12.5. The van der Waals surface area contributed by atoms with E-state index in [0.29, 0.717) is 5.92 Å². The highest BCUT2D eigenvalue weighted by atomic mass is 16.5. The van der Waals surface area contributed by atoms with Crippen LogP contribution in [0.25, 0.3) is 11.3 Å². The van der Waals surface area contributed by atoms with Crippen LogP contribution < -0.4 is 9.47 Å². The summed E-state index contributed by atoms with van der Waals surface area (Å²) in [6.07, 6.45) is 4.32.